The normalized spacial score (nSPS) is 15.2. The first-order valence-electron chi connectivity index (χ1n) is 6.30. The second kappa shape index (κ2) is 7.52. The highest BCUT2D eigenvalue weighted by Crippen LogP contribution is 2.27. The van der Waals surface area contributed by atoms with Crippen LogP contribution < -0.4 is 5.32 Å². The van der Waals surface area contributed by atoms with Gasteiger partial charge in [0.15, 0.2) is 0 Å². The van der Waals surface area contributed by atoms with Crippen molar-refractivity contribution in [3.05, 3.63) is 20.8 Å². The highest BCUT2D eigenvalue weighted by Gasteiger charge is 2.13. The summed E-state index contributed by atoms with van der Waals surface area (Å²) in [6, 6.07) is 5.26. The summed E-state index contributed by atoms with van der Waals surface area (Å²) in [5.41, 5.74) is 0. The molecule has 0 amide bonds. The Kier molecular flexibility index (Phi) is 6.70. The van der Waals surface area contributed by atoms with Crippen LogP contribution in [0.4, 0.5) is 0 Å². The first-order chi connectivity index (χ1) is 8.06. The second-order valence-electron chi connectivity index (χ2n) is 4.42. The number of halogens is 1. The maximum absolute atomic E-state index is 3.66. The Bertz CT molecular complexity index is 323. The molecule has 0 fully saturated rings. The van der Waals surface area contributed by atoms with E-state index >= 15 is 0 Å². The summed E-state index contributed by atoms with van der Waals surface area (Å²) in [5, 5.41) is 3.66. The summed E-state index contributed by atoms with van der Waals surface area (Å²) in [6.07, 6.45) is 0. The van der Waals surface area contributed by atoms with Gasteiger partial charge in [0.25, 0.3) is 0 Å². The molecule has 0 spiro atoms. The molecular weight excluding hydrogens is 296 g/mol. The molecule has 4 heteroatoms. The molecule has 0 saturated heterocycles. The molecule has 1 N–H and O–H groups in total. The van der Waals surface area contributed by atoms with Gasteiger partial charge in [-0.3, -0.25) is 0 Å². The minimum absolute atomic E-state index is 0.428. The highest BCUT2D eigenvalue weighted by molar-refractivity contribution is 9.11. The van der Waals surface area contributed by atoms with Gasteiger partial charge in [0.05, 0.1) is 3.79 Å². The fraction of sp³-hybridized carbons (Fsp3) is 0.692. The zero-order valence-electron chi connectivity index (χ0n) is 11.2. The van der Waals surface area contributed by atoms with E-state index in [9.17, 15) is 0 Å². The van der Waals surface area contributed by atoms with Gasteiger partial charge in [-0.15, -0.1) is 11.3 Å². The zero-order chi connectivity index (χ0) is 12.8. The predicted molar refractivity (Wildman–Crippen MR) is 80.8 cm³/mol. The third-order valence-electron chi connectivity index (χ3n) is 2.98. The molecule has 98 valence electrons. The van der Waals surface area contributed by atoms with E-state index in [-0.39, 0.29) is 0 Å². The van der Waals surface area contributed by atoms with Crippen LogP contribution >= 0.6 is 27.3 Å². The van der Waals surface area contributed by atoms with Gasteiger partial charge in [-0.1, -0.05) is 13.8 Å². The van der Waals surface area contributed by atoms with E-state index in [1.54, 1.807) is 0 Å². The van der Waals surface area contributed by atoms with Crippen LogP contribution in [0.5, 0.6) is 0 Å². The van der Waals surface area contributed by atoms with E-state index in [2.05, 4.69) is 66.0 Å². The van der Waals surface area contributed by atoms with E-state index in [4.69, 9.17) is 0 Å². The van der Waals surface area contributed by atoms with Gasteiger partial charge in [0.2, 0.25) is 0 Å². The molecule has 0 aliphatic heterocycles. The van der Waals surface area contributed by atoms with E-state index in [0.717, 1.165) is 19.6 Å². The lowest BCUT2D eigenvalue weighted by atomic mass is 10.2. The standard InChI is InChI=1S/C13H23BrN2S/c1-5-16(6-2)9-10(3)15-11(4)12-7-8-13(14)17-12/h7-8,10-11,15H,5-6,9H2,1-4H3. The van der Waals surface area contributed by atoms with Gasteiger partial charge in [-0.05, 0) is 55.0 Å². The molecule has 1 aromatic rings. The minimum atomic E-state index is 0.428. The topological polar surface area (TPSA) is 15.3 Å². The van der Waals surface area contributed by atoms with Crippen molar-refractivity contribution in [1.29, 1.82) is 0 Å². The largest absolute Gasteiger partial charge is 0.306 e. The molecule has 1 rings (SSSR count). The Labute approximate surface area is 118 Å². The molecule has 2 atom stereocenters. The number of rotatable bonds is 7. The number of likely N-dealkylation sites (N-methyl/N-ethyl adjacent to an activating group) is 1. The van der Waals surface area contributed by atoms with Crippen molar-refractivity contribution in [2.24, 2.45) is 0 Å². The molecule has 1 heterocycles. The summed E-state index contributed by atoms with van der Waals surface area (Å²) < 4.78 is 1.21. The average molecular weight is 319 g/mol. The Hall–Kier alpha value is 0.1000. The van der Waals surface area contributed by atoms with Crippen LogP contribution in [0.1, 0.15) is 38.6 Å². The summed E-state index contributed by atoms with van der Waals surface area (Å²) in [4.78, 5) is 3.85. The number of nitrogens with one attached hydrogen (secondary N) is 1. The molecule has 0 aliphatic rings. The van der Waals surface area contributed by atoms with Gasteiger partial charge in [-0.25, -0.2) is 0 Å². The Morgan fingerprint density at radius 2 is 1.94 bits per heavy atom. The van der Waals surface area contributed by atoms with Gasteiger partial charge < -0.3 is 10.2 Å². The van der Waals surface area contributed by atoms with Crippen molar-refractivity contribution in [1.82, 2.24) is 10.2 Å². The maximum Gasteiger partial charge on any atom is 0.0701 e. The molecular formula is C13H23BrN2S. The molecule has 0 radical (unpaired) electrons. The fourth-order valence-corrected chi connectivity index (χ4v) is 3.43. The number of thiophene rings is 1. The summed E-state index contributed by atoms with van der Waals surface area (Å²) in [7, 11) is 0. The molecule has 2 unspecified atom stereocenters. The zero-order valence-corrected chi connectivity index (χ0v) is 13.6. The van der Waals surface area contributed by atoms with Crippen molar-refractivity contribution < 1.29 is 0 Å². The number of hydrogen-bond donors (Lipinski definition) is 1. The fourth-order valence-electron chi connectivity index (χ4n) is 1.99. The van der Waals surface area contributed by atoms with E-state index in [0.29, 0.717) is 12.1 Å². The van der Waals surface area contributed by atoms with Crippen LogP contribution in [0.2, 0.25) is 0 Å². The molecule has 0 saturated carbocycles. The average Bonchev–Trinajstić information content (AvgIpc) is 2.72. The van der Waals surface area contributed by atoms with Crippen molar-refractivity contribution >= 4 is 27.3 Å². The molecule has 0 aliphatic carbocycles. The molecule has 17 heavy (non-hydrogen) atoms. The van der Waals surface area contributed by atoms with Crippen LogP contribution in [0.25, 0.3) is 0 Å². The van der Waals surface area contributed by atoms with E-state index in [1.165, 1.54) is 8.66 Å². The lowest BCUT2D eigenvalue weighted by Crippen LogP contribution is -2.40. The maximum atomic E-state index is 3.66. The van der Waals surface area contributed by atoms with Crippen molar-refractivity contribution in [2.75, 3.05) is 19.6 Å². The van der Waals surface area contributed by atoms with Gasteiger partial charge in [0, 0.05) is 23.5 Å². The summed E-state index contributed by atoms with van der Waals surface area (Å²) in [5.74, 6) is 0. The Morgan fingerprint density at radius 3 is 2.41 bits per heavy atom. The summed E-state index contributed by atoms with van der Waals surface area (Å²) in [6.45, 7) is 12.3. The van der Waals surface area contributed by atoms with Crippen molar-refractivity contribution in [3.63, 3.8) is 0 Å². The summed E-state index contributed by atoms with van der Waals surface area (Å²) >= 11 is 5.32. The monoisotopic (exact) mass is 318 g/mol. The minimum Gasteiger partial charge on any atom is -0.306 e. The van der Waals surface area contributed by atoms with E-state index in [1.807, 2.05) is 11.3 Å². The van der Waals surface area contributed by atoms with E-state index < -0.39 is 0 Å². The number of hydrogen-bond acceptors (Lipinski definition) is 3. The lowest BCUT2D eigenvalue weighted by Gasteiger charge is -2.25. The first kappa shape index (κ1) is 15.2. The van der Waals surface area contributed by atoms with Crippen molar-refractivity contribution in [3.8, 4) is 0 Å². The van der Waals surface area contributed by atoms with Gasteiger partial charge >= 0.3 is 0 Å². The Balaban J connectivity index is 2.42. The van der Waals surface area contributed by atoms with Crippen molar-refractivity contribution in [2.45, 2.75) is 39.8 Å². The second-order valence-corrected chi connectivity index (χ2v) is 6.91. The molecule has 2 nitrogen and oxygen atoms in total. The van der Waals surface area contributed by atoms with Crippen LogP contribution in [-0.2, 0) is 0 Å². The van der Waals surface area contributed by atoms with Crippen LogP contribution in [0.3, 0.4) is 0 Å². The third kappa shape index (κ3) is 5.08. The molecule has 0 bridgehead atoms. The molecule has 1 aromatic heterocycles. The van der Waals surface area contributed by atoms with Crippen LogP contribution in [-0.4, -0.2) is 30.6 Å². The van der Waals surface area contributed by atoms with Crippen LogP contribution in [0, 0.1) is 0 Å². The van der Waals surface area contributed by atoms with Gasteiger partial charge in [-0.2, -0.15) is 0 Å². The predicted octanol–water partition coefficient (Wildman–Crippen LogP) is 3.89. The quantitative estimate of drug-likeness (QED) is 0.820. The van der Waals surface area contributed by atoms with Crippen LogP contribution in [0.15, 0.2) is 15.9 Å². The first-order valence-corrected chi connectivity index (χ1v) is 7.91. The lowest BCUT2D eigenvalue weighted by molar-refractivity contribution is 0.264. The third-order valence-corrected chi connectivity index (χ3v) is 4.79. The SMILES string of the molecule is CCN(CC)CC(C)NC(C)c1ccc(Br)s1. The smallest absolute Gasteiger partial charge is 0.0701 e. The number of nitrogens with zero attached hydrogens (tertiary/aromatic N) is 1. The Morgan fingerprint density at radius 1 is 1.29 bits per heavy atom. The molecule has 0 aromatic carbocycles. The van der Waals surface area contributed by atoms with Gasteiger partial charge in [0.1, 0.15) is 0 Å². The highest BCUT2D eigenvalue weighted by atomic mass is 79.9.